The third kappa shape index (κ3) is 8.17. The summed E-state index contributed by atoms with van der Waals surface area (Å²) in [5.41, 5.74) is -0.0632. The van der Waals surface area contributed by atoms with Crippen molar-refractivity contribution in [3.05, 3.63) is 36.0 Å². The predicted molar refractivity (Wildman–Crippen MR) is 91.1 cm³/mol. The molecule has 7 nitrogen and oxygen atoms in total. The van der Waals surface area contributed by atoms with Crippen LogP contribution in [0.5, 0.6) is 5.88 Å². The second-order valence-corrected chi connectivity index (χ2v) is 5.88. The molecule has 0 atom stereocenters. The Morgan fingerprint density at radius 3 is 2.38 bits per heavy atom. The van der Waals surface area contributed by atoms with Gasteiger partial charge in [-0.05, 0) is 33.8 Å². The summed E-state index contributed by atoms with van der Waals surface area (Å²) in [6.45, 7) is 8.47. The van der Waals surface area contributed by atoms with Gasteiger partial charge in [-0.15, -0.1) is 0 Å². The number of carbonyl (C=O) groups is 2. The lowest BCUT2D eigenvalue weighted by atomic mass is 10.2. The summed E-state index contributed by atoms with van der Waals surface area (Å²) in [5, 5.41) is 5.32. The van der Waals surface area contributed by atoms with E-state index in [0.717, 1.165) is 0 Å². The van der Waals surface area contributed by atoms with Crippen LogP contribution in [0.4, 0.5) is 4.79 Å². The molecule has 2 N–H and O–H groups in total. The van der Waals surface area contributed by atoms with Crippen LogP contribution >= 0.6 is 0 Å². The number of hydrogen-bond acceptors (Lipinski definition) is 5. The van der Waals surface area contributed by atoms with Crippen molar-refractivity contribution in [3.8, 4) is 5.88 Å². The molecule has 24 heavy (non-hydrogen) atoms. The van der Waals surface area contributed by atoms with E-state index in [-0.39, 0.29) is 5.91 Å². The molecule has 1 aromatic rings. The fourth-order valence-electron chi connectivity index (χ4n) is 1.62. The van der Waals surface area contributed by atoms with Gasteiger partial charge in [0.25, 0.3) is 5.91 Å². The first-order chi connectivity index (χ1) is 11.3. The van der Waals surface area contributed by atoms with Gasteiger partial charge in [0.15, 0.2) is 0 Å². The number of nitrogens with zero attached hydrogens (tertiary/aromatic N) is 1. The number of aromatic nitrogens is 1. The van der Waals surface area contributed by atoms with Crippen LogP contribution in [0.2, 0.25) is 0 Å². The van der Waals surface area contributed by atoms with Crippen LogP contribution < -0.4 is 15.4 Å². The van der Waals surface area contributed by atoms with Crippen LogP contribution in [-0.4, -0.2) is 42.3 Å². The topological polar surface area (TPSA) is 89.6 Å². The van der Waals surface area contributed by atoms with Crippen LogP contribution in [0.15, 0.2) is 30.5 Å². The van der Waals surface area contributed by atoms with Crippen molar-refractivity contribution in [1.82, 2.24) is 15.6 Å². The Morgan fingerprint density at radius 1 is 1.17 bits per heavy atom. The molecule has 0 saturated heterocycles. The number of alkyl carbamates (subject to hydrolysis) is 1. The number of nitrogens with one attached hydrogen (secondary N) is 2. The highest BCUT2D eigenvalue weighted by molar-refractivity contribution is 5.93. The summed E-state index contributed by atoms with van der Waals surface area (Å²) in [5.74, 6) is 0.262. The molecular formula is C17H25N3O4. The Balaban J connectivity index is 2.26. The van der Waals surface area contributed by atoms with E-state index in [4.69, 9.17) is 9.47 Å². The minimum Gasteiger partial charge on any atom is -0.478 e. The number of carbonyl (C=O) groups excluding carboxylic acids is 2. The summed E-state index contributed by atoms with van der Waals surface area (Å²) < 4.78 is 10.3. The van der Waals surface area contributed by atoms with Gasteiger partial charge >= 0.3 is 6.09 Å². The maximum Gasteiger partial charge on any atom is 0.407 e. The largest absolute Gasteiger partial charge is 0.478 e. The Morgan fingerprint density at radius 2 is 1.83 bits per heavy atom. The number of pyridine rings is 1. The zero-order valence-corrected chi connectivity index (χ0v) is 14.6. The highest BCUT2D eigenvalue weighted by Gasteiger charge is 2.14. The first-order valence-electron chi connectivity index (χ1n) is 7.80. The van der Waals surface area contributed by atoms with Crippen LogP contribution in [0.3, 0.4) is 0 Å². The summed E-state index contributed by atoms with van der Waals surface area (Å²) in [6, 6.07) is 3.31. The third-order valence-electron chi connectivity index (χ3n) is 2.60. The smallest absolute Gasteiger partial charge is 0.407 e. The highest BCUT2D eigenvalue weighted by atomic mass is 16.6. The monoisotopic (exact) mass is 335 g/mol. The third-order valence-corrected chi connectivity index (χ3v) is 2.60. The summed E-state index contributed by atoms with van der Waals surface area (Å²) >= 11 is 0. The number of amides is 2. The number of hydrogen-bond donors (Lipinski definition) is 2. The molecule has 0 aliphatic carbocycles. The highest BCUT2D eigenvalue weighted by Crippen LogP contribution is 2.07. The van der Waals surface area contributed by atoms with Crippen LogP contribution in [0, 0.1) is 0 Å². The molecule has 0 radical (unpaired) electrons. The van der Waals surface area contributed by atoms with Crippen LogP contribution in [-0.2, 0) is 4.74 Å². The molecule has 0 fully saturated rings. The summed E-state index contributed by atoms with van der Waals surface area (Å²) in [7, 11) is 0. The van der Waals surface area contributed by atoms with Gasteiger partial charge in [-0.1, -0.05) is 12.2 Å². The molecule has 1 heterocycles. The standard InChI is InChI=1S/C17H25N3O4/c1-5-23-14-9-8-13(12-20-14)15(21)18-10-6-7-11-19-16(22)24-17(2,3)4/h6-9,12H,5,10-11H2,1-4H3,(H,18,21)(H,19,22)/b7-6+. The van der Waals surface area contributed by atoms with Gasteiger partial charge in [0.1, 0.15) is 5.60 Å². The number of ether oxygens (including phenoxy) is 2. The van der Waals surface area contributed by atoms with Crippen LogP contribution in [0.1, 0.15) is 38.1 Å². The summed E-state index contributed by atoms with van der Waals surface area (Å²) in [6.07, 6.45) is 4.48. The van der Waals surface area contributed by atoms with Gasteiger partial charge in [-0.25, -0.2) is 9.78 Å². The minimum atomic E-state index is -0.520. The van der Waals surface area contributed by atoms with Gasteiger partial charge in [-0.3, -0.25) is 4.79 Å². The first kappa shape index (κ1) is 19.5. The quantitative estimate of drug-likeness (QED) is 0.746. The Bertz CT molecular complexity index is 562. The van der Waals surface area contributed by atoms with Gasteiger partial charge in [0, 0.05) is 25.4 Å². The molecule has 1 rings (SSSR count). The van der Waals surface area contributed by atoms with E-state index >= 15 is 0 Å². The van der Waals surface area contributed by atoms with E-state index in [0.29, 0.717) is 31.1 Å². The molecule has 0 aromatic carbocycles. The number of rotatable bonds is 7. The Kier molecular flexibility index (Phi) is 7.74. The molecule has 0 aliphatic rings. The van der Waals surface area contributed by atoms with Crippen molar-refractivity contribution in [3.63, 3.8) is 0 Å². The van der Waals surface area contributed by atoms with Gasteiger partial charge < -0.3 is 20.1 Å². The molecule has 0 unspecified atom stereocenters. The van der Waals surface area contributed by atoms with Gasteiger partial charge in [0.05, 0.1) is 12.2 Å². The Hall–Kier alpha value is -2.57. The van der Waals surface area contributed by atoms with E-state index in [1.165, 1.54) is 6.20 Å². The van der Waals surface area contributed by atoms with E-state index in [1.807, 2.05) is 6.92 Å². The second-order valence-electron chi connectivity index (χ2n) is 5.88. The van der Waals surface area contributed by atoms with Crippen molar-refractivity contribution in [2.24, 2.45) is 0 Å². The SMILES string of the molecule is CCOc1ccc(C(=O)NC/C=C/CNC(=O)OC(C)(C)C)cn1. The van der Waals surface area contributed by atoms with Crippen LogP contribution in [0.25, 0.3) is 0 Å². The van der Waals surface area contributed by atoms with Crippen molar-refractivity contribution in [2.75, 3.05) is 19.7 Å². The van der Waals surface area contributed by atoms with Crippen molar-refractivity contribution in [1.29, 1.82) is 0 Å². The normalized spacial score (nSPS) is 11.2. The van der Waals surface area contributed by atoms with E-state index in [9.17, 15) is 9.59 Å². The minimum absolute atomic E-state index is 0.227. The lowest BCUT2D eigenvalue weighted by Crippen LogP contribution is -2.32. The molecule has 0 spiro atoms. The molecule has 0 saturated carbocycles. The van der Waals surface area contributed by atoms with E-state index in [2.05, 4.69) is 15.6 Å². The predicted octanol–water partition coefficient (Wildman–Crippen LogP) is 2.29. The fourth-order valence-corrected chi connectivity index (χ4v) is 1.62. The Labute approximate surface area is 142 Å². The molecule has 1 aromatic heterocycles. The molecule has 0 bridgehead atoms. The van der Waals surface area contributed by atoms with Gasteiger partial charge in [-0.2, -0.15) is 0 Å². The van der Waals surface area contributed by atoms with Gasteiger partial charge in [0.2, 0.25) is 5.88 Å². The average molecular weight is 335 g/mol. The van der Waals surface area contributed by atoms with E-state index in [1.54, 1.807) is 45.1 Å². The molecule has 132 valence electrons. The zero-order chi connectivity index (χ0) is 18.0. The average Bonchev–Trinajstić information content (AvgIpc) is 2.50. The molecule has 2 amide bonds. The lowest BCUT2D eigenvalue weighted by Gasteiger charge is -2.19. The molecule has 0 aliphatic heterocycles. The van der Waals surface area contributed by atoms with Crippen molar-refractivity contribution in [2.45, 2.75) is 33.3 Å². The lowest BCUT2D eigenvalue weighted by molar-refractivity contribution is 0.0533. The molecular weight excluding hydrogens is 310 g/mol. The maximum absolute atomic E-state index is 11.9. The molecule has 7 heteroatoms. The zero-order valence-electron chi connectivity index (χ0n) is 14.6. The van der Waals surface area contributed by atoms with Crippen molar-refractivity contribution < 1.29 is 19.1 Å². The summed E-state index contributed by atoms with van der Waals surface area (Å²) in [4.78, 5) is 27.3. The second kappa shape index (κ2) is 9.54. The van der Waals surface area contributed by atoms with E-state index < -0.39 is 11.7 Å². The fraction of sp³-hybridized carbons (Fsp3) is 0.471. The first-order valence-corrected chi connectivity index (χ1v) is 7.80. The van der Waals surface area contributed by atoms with Crippen molar-refractivity contribution >= 4 is 12.0 Å². The maximum atomic E-state index is 11.9.